The van der Waals surface area contributed by atoms with Crippen LogP contribution in [0.25, 0.3) is 0 Å². The van der Waals surface area contributed by atoms with Gasteiger partial charge in [0.15, 0.2) is 0 Å². The summed E-state index contributed by atoms with van der Waals surface area (Å²) in [6.07, 6.45) is 0. The molecular weight excluding hydrogens is 216 g/mol. The molecule has 4 nitrogen and oxygen atoms in total. The van der Waals surface area contributed by atoms with E-state index in [0.717, 1.165) is 0 Å². The lowest BCUT2D eigenvalue weighted by molar-refractivity contribution is -0.142. The minimum atomic E-state index is -3.60. The fraction of sp³-hybridized carbons (Fsp3) is 0.300. The molecule has 0 aliphatic rings. The summed E-state index contributed by atoms with van der Waals surface area (Å²) in [5, 5.41) is 0. The van der Waals surface area contributed by atoms with Crippen LogP contribution in [0.2, 0.25) is 0 Å². The van der Waals surface area contributed by atoms with Crippen molar-refractivity contribution in [2.75, 3.05) is 0 Å². The molecule has 0 aliphatic carbocycles. The highest BCUT2D eigenvalue weighted by atomic mass is 32.2. The van der Waals surface area contributed by atoms with Gasteiger partial charge in [-0.15, -0.1) is 0 Å². The molecule has 5 heteroatoms. The molecule has 0 N–H and O–H groups in total. The smallest absolute Gasteiger partial charge is 0.303 e. The van der Waals surface area contributed by atoms with Crippen molar-refractivity contribution in [3.05, 3.63) is 30.3 Å². The van der Waals surface area contributed by atoms with Gasteiger partial charge in [0.25, 0.3) is 0 Å². The molecular formula is C10H11O4S. The van der Waals surface area contributed by atoms with Gasteiger partial charge in [0.05, 0.1) is 4.90 Å². The number of benzene rings is 1. The number of sulfone groups is 1. The summed E-state index contributed by atoms with van der Waals surface area (Å²) >= 11 is 0. The topological polar surface area (TPSA) is 60.4 Å². The fourth-order valence-corrected chi connectivity index (χ4v) is 2.21. The summed E-state index contributed by atoms with van der Waals surface area (Å²) in [5.74, 6) is -0.617. The van der Waals surface area contributed by atoms with Crippen molar-refractivity contribution in [2.45, 2.75) is 24.2 Å². The van der Waals surface area contributed by atoms with Crippen LogP contribution in [0.1, 0.15) is 13.8 Å². The zero-order valence-electron chi connectivity index (χ0n) is 8.43. The molecule has 15 heavy (non-hydrogen) atoms. The molecule has 0 heterocycles. The van der Waals surface area contributed by atoms with Crippen molar-refractivity contribution in [1.82, 2.24) is 0 Å². The monoisotopic (exact) mass is 227 g/mol. The molecule has 0 saturated carbocycles. The predicted octanol–water partition coefficient (Wildman–Crippen LogP) is 1.17. The normalized spacial score (nSPS) is 13.2. The van der Waals surface area contributed by atoms with Crippen LogP contribution < -0.4 is 0 Å². The molecule has 0 aromatic heterocycles. The maximum absolute atomic E-state index is 11.8. The second kappa shape index (κ2) is 4.44. The third-order valence-electron chi connectivity index (χ3n) is 1.79. The average molecular weight is 227 g/mol. The number of esters is 1. The zero-order valence-corrected chi connectivity index (χ0v) is 9.24. The molecule has 1 atom stereocenters. The number of rotatable bonds is 3. The molecule has 1 radical (unpaired) electrons. The van der Waals surface area contributed by atoms with Crippen LogP contribution in [0, 0.1) is 6.07 Å². The van der Waals surface area contributed by atoms with Crippen molar-refractivity contribution in [2.24, 2.45) is 0 Å². The van der Waals surface area contributed by atoms with E-state index in [1.807, 2.05) is 0 Å². The molecule has 0 aliphatic heterocycles. The van der Waals surface area contributed by atoms with Gasteiger partial charge in [-0.3, -0.25) is 4.79 Å². The second-order valence-corrected chi connectivity index (χ2v) is 5.18. The Morgan fingerprint density at radius 3 is 2.40 bits per heavy atom. The molecule has 0 fully saturated rings. The van der Waals surface area contributed by atoms with Crippen LogP contribution in [-0.2, 0) is 19.4 Å². The molecule has 0 amide bonds. The van der Waals surface area contributed by atoms with Gasteiger partial charge in [0, 0.05) is 6.92 Å². The van der Waals surface area contributed by atoms with Crippen LogP contribution in [0.5, 0.6) is 0 Å². The Hall–Kier alpha value is -1.36. The number of hydrogen-bond acceptors (Lipinski definition) is 4. The van der Waals surface area contributed by atoms with Crippen LogP contribution >= 0.6 is 0 Å². The Bertz CT molecular complexity index is 436. The molecule has 0 saturated heterocycles. The van der Waals surface area contributed by atoms with Crippen molar-refractivity contribution in [3.8, 4) is 0 Å². The Kier molecular flexibility index (Phi) is 3.47. The zero-order chi connectivity index (χ0) is 11.5. The SMILES string of the molecule is CC(=O)OC(C)S(=O)(=O)c1cc[c]cc1. The number of hydrogen-bond donors (Lipinski definition) is 0. The number of ether oxygens (including phenoxy) is 1. The van der Waals surface area contributed by atoms with Crippen LogP contribution in [0.3, 0.4) is 0 Å². The molecule has 0 bridgehead atoms. The molecule has 1 aromatic carbocycles. The minimum absolute atomic E-state index is 0.120. The van der Waals surface area contributed by atoms with Gasteiger partial charge in [-0.2, -0.15) is 0 Å². The van der Waals surface area contributed by atoms with Gasteiger partial charge in [0.1, 0.15) is 0 Å². The van der Waals surface area contributed by atoms with Crippen molar-refractivity contribution < 1.29 is 17.9 Å². The quantitative estimate of drug-likeness (QED) is 0.727. The highest BCUT2D eigenvalue weighted by molar-refractivity contribution is 7.91. The van der Waals surface area contributed by atoms with E-state index in [-0.39, 0.29) is 4.90 Å². The average Bonchev–Trinajstić information content (AvgIpc) is 2.18. The van der Waals surface area contributed by atoms with E-state index in [1.165, 1.54) is 38.1 Å². The van der Waals surface area contributed by atoms with Gasteiger partial charge in [-0.05, 0) is 25.1 Å². The fourth-order valence-electron chi connectivity index (χ4n) is 1.05. The Morgan fingerprint density at radius 2 is 1.93 bits per heavy atom. The first-order chi connectivity index (χ1) is 6.94. The predicted molar refractivity (Wildman–Crippen MR) is 53.7 cm³/mol. The second-order valence-electron chi connectivity index (χ2n) is 2.96. The van der Waals surface area contributed by atoms with Gasteiger partial charge >= 0.3 is 5.97 Å². The van der Waals surface area contributed by atoms with Crippen LogP contribution in [0.4, 0.5) is 0 Å². The van der Waals surface area contributed by atoms with E-state index in [1.54, 1.807) is 0 Å². The van der Waals surface area contributed by atoms with Crippen molar-refractivity contribution in [3.63, 3.8) is 0 Å². The lowest BCUT2D eigenvalue weighted by Crippen LogP contribution is -2.23. The van der Waals surface area contributed by atoms with E-state index in [2.05, 4.69) is 10.8 Å². The maximum atomic E-state index is 11.8. The third kappa shape index (κ3) is 2.79. The van der Waals surface area contributed by atoms with E-state index < -0.39 is 21.2 Å². The molecule has 1 unspecified atom stereocenters. The summed E-state index contributed by atoms with van der Waals surface area (Å²) in [7, 11) is -3.60. The lowest BCUT2D eigenvalue weighted by Gasteiger charge is -2.12. The first kappa shape index (κ1) is 11.7. The largest absolute Gasteiger partial charge is 0.446 e. The van der Waals surface area contributed by atoms with Crippen LogP contribution in [-0.4, -0.2) is 19.8 Å². The minimum Gasteiger partial charge on any atom is -0.446 e. The molecule has 1 aromatic rings. The third-order valence-corrected chi connectivity index (χ3v) is 3.68. The highest BCUT2D eigenvalue weighted by Gasteiger charge is 2.25. The van der Waals surface area contributed by atoms with Crippen molar-refractivity contribution >= 4 is 15.8 Å². The Labute approximate surface area is 88.8 Å². The standard InChI is InChI=1S/C10H11O4S/c1-8(11)14-9(2)15(12,13)10-6-4-3-5-7-10/h4-7,9H,1-2H3. The molecule has 81 valence electrons. The Morgan fingerprint density at radius 1 is 1.40 bits per heavy atom. The van der Waals surface area contributed by atoms with Gasteiger partial charge in [-0.1, -0.05) is 12.1 Å². The number of carbonyl (C=O) groups excluding carboxylic acids is 1. The van der Waals surface area contributed by atoms with E-state index >= 15 is 0 Å². The summed E-state index contributed by atoms with van der Waals surface area (Å²) in [6.45, 7) is 2.50. The lowest BCUT2D eigenvalue weighted by atomic mass is 10.4. The molecule has 1 rings (SSSR count). The number of carbonyl (C=O) groups is 1. The summed E-state index contributed by atoms with van der Waals surface area (Å²) in [4.78, 5) is 10.8. The molecule has 0 spiro atoms. The van der Waals surface area contributed by atoms with Gasteiger partial charge in [0.2, 0.25) is 15.3 Å². The first-order valence-electron chi connectivity index (χ1n) is 4.32. The highest BCUT2D eigenvalue weighted by Crippen LogP contribution is 2.15. The first-order valence-corrected chi connectivity index (χ1v) is 5.86. The summed E-state index contributed by atoms with van der Waals surface area (Å²) in [5.41, 5.74) is -1.17. The Balaban J connectivity index is 2.99. The summed E-state index contributed by atoms with van der Waals surface area (Å²) < 4.78 is 28.2. The van der Waals surface area contributed by atoms with Gasteiger partial charge < -0.3 is 4.74 Å². The van der Waals surface area contributed by atoms with Crippen LogP contribution in [0.15, 0.2) is 29.2 Å². The van der Waals surface area contributed by atoms with E-state index in [9.17, 15) is 13.2 Å². The summed E-state index contributed by atoms with van der Waals surface area (Å²) in [6, 6.07) is 8.52. The van der Waals surface area contributed by atoms with E-state index in [0.29, 0.717) is 0 Å². The van der Waals surface area contributed by atoms with E-state index in [4.69, 9.17) is 0 Å². The van der Waals surface area contributed by atoms with Gasteiger partial charge in [-0.25, -0.2) is 8.42 Å². The van der Waals surface area contributed by atoms with Crippen molar-refractivity contribution in [1.29, 1.82) is 0 Å². The maximum Gasteiger partial charge on any atom is 0.303 e.